The first-order valence-corrected chi connectivity index (χ1v) is 6.39. The van der Waals surface area contributed by atoms with Crippen molar-refractivity contribution in [2.45, 2.75) is 33.4 Å². The third-order valence-electron chi connectivity index (χ3n) is 2.90. The predicted molar refractivity (Wildman–Crippen MR) is 71.4 cm³/mol. The zero-order valence-electron chi connectivity index (χ0n) is 11.3. The molecule has 0 aliphatic carbocycles. The maximum Gasteiger partial charge on any atom is 0.203 e. The summed E-state index contributed by atoms with van der Waals surface area (Å²) in [5.74, 6) is 1.15. The van der Waals surface area contributed by atoms with Gasteiger partial charge in [0.15, 0.2) is 0 Å². The molecule has 0 unspecified atom stereocenters. The maximum atomic E-state index is 8.64. The van der Waals surface area contributed by atoms with Crippen molar-refractivity contribution in [2.75, 3.05) is 6.54 Å². The molecule has 2 heterocycles. The predicted octanol–water partition coefficient (Wildman–Crippen LogP) is 2.14. The highest BCUT2D eigenvalue weighted by Crippen LogP contribution is 2.06. The van der Waals surface area contributed by atoms with E-state index >= 15 is 0 Å². The van der Waals surface area contributed by atoms with E-state index in [-0.39, 0.29) is 0 Å². The average Bonchev–Trinajstić information content (AvgIpc) is 2.96. The van der Waals surface area contributed by atoms with Gasteiger partial charge in [-0.3, -0.25) is 4.68 Å². The highest BCUT2D eigenvalue weighted by Gasteiger charge is 2.02. The Morgan fingerprint density at radius 2 is 2.26 bits per heavy atom. The fourth-order valence-corrected chi connectivity index (χ4v) is 2.00. The van der Waals surface area contributed by atoms with Crippen molar-refractivity contribution >= 4 is 0 Å². The Morgan fingerprint density at radius 3 is 2.89 bits per heavy atom. The first kappa shape index (κ1) is 13.4. The number of hydrogen-bond donors (Lipinski definition) is 1. The molecule has 1 N–H and O–H groups in total. The quantitative estimate of drug-likeness (QED) is 0.806. The second-order valence-corrected chi connectivity index (χ2v) is 4.56. The summed E-state index contributed by atoms with van der Waals surface area (Å²) >= 11 is 0. The molecule has 0 aliphatic heterocycles. The molecule has 0 bridgehead atoms. The van der Waals surface area contributed by atoms with Crippen LogP contribution in [0.2, 0.25) is 0 Å². The molecule has 0 spiro atoms. The Hall–Kier alpha value is -2.06. The highest BCUT2D eigenvalue weighted by atomic mass is 16.3. The summed E-state index contributed by atoms with van der Waals surface area (Å²) in [4.78, 5) is 0. The van der Waals surface area contributed by atoms with Crippen molar-refractivity contribution < 1.29 is 4.42 Å². The zero-order chi connectivity index (χ0) is 13.7. The van der Waals surface area contributed by atoms with E-state index in [9.17, 15) is 0 Å². The fourth-order valence-electron chi connectivity index (χ4n) is 2.00. The second kappa shape index (κ2) is 6.21. The first-order chi connectivity index (χ1) is 9.19. The molecule has 0 saturated heterocycles. The molecule has 5 heteroatoms. The van der Waals surface area contributed by atoms with E-state index in [4.69, 9.17) is 9.68 Å². The fraction of sp³-hybridized carbons (Fsp3) is 0.429. The number of furan rings is 1. The molecule has 100 valence electrons. The van der Waals surface area contributed by atoms with Gasteiger partial charge in [0.05, 0.1) is 12.2 Å². The van der Waals surface area contributed by atoms with E-state index in [0.717, 1.165) is 31.0 Å². The zero-order valence-corrected chi connectivity index (χ0v) is 11.3. The van der Waals surface area contributed by atoms with Crippen LogP contribution in [0.25, 0.3) is 0 Å². The van der Waals surface area contributed by atoms with Crippen LogP contribution in [0, 0.1) is 25.2 Å². The number of nitrogens with one attached hydrogen (secondary N) is 1. The van der Waals surface area contributed by atoms with Crippen LogP contribution in [0.1, 0.15) is 29.3 Å². The molecule has 0 aromatic carbocycles. The topological polar surface area (TPSA) is 66.8 Å². The summed E-state index contributed by atoms with van der Waals surface area (Å²) in [7, 11) is 0. The Labute approximate surface area is 112 Å². The average molecular weight is 258 g/mol. The minimum Gasteiger partial charge on any atom is -0.449 e. The molecule has 0 amide bonds. The van der Waals surface area contributed by atoms with Crippen LogP contribution in [-0.2, 0) is 13.1 Å². The number of aryl methyl sites for hydroxylation is 3. The van der Waals surface area contributed by atoms with Crippen LogP contribution >= 0.6 is 0 Å². The van der Waals surface area contributed by atoms with Gasteiger partial charge < -0.3 is 9.73 Å². The van der Waals surface area contributed by atoms with Gasteiger partial charge in [-0.15, -0.1) is 0 Å². The van der Waals surface area contributed by atoms with E-state index in [1.54, 1.807) is 6.07 Å². The molecule has 0 fully saturated rings. The van der Waals surface area contributed by atoms with Crippen molar-refractivity contribution in [3.05, 3.63) is 41.1 Å². The largest absolute Gasteiger partial charge is 0.449 e. The van der Waals surface area contributed by atoms with Crippen LogP contribution in [0.15, 0.2) is 22.6 Å². The summed E-state index contributed by atoms with van der Waals surface area (Å²) in [6.45, 7) is 6.53. The Kier molecular flexibility index (Phi) is 4.37. The van der Waals surface area contributed by atoms with Gasteiger partial charge in [-0.2, -0.15) is 10.4 Å². The Bertz CT molecular complexity index is 577. The van der Waals surface area contributed by atoms with Crippen molar-refractivity contribution in [1.82, 2.24) is 15.1 Å². The summed E-state index contributed by atoms with van der Waals surface area (Å²) in [5.41, 5.74) is 2.26. The summed E-state index contributed by atoms with van der Waals surface area (Å²) < 4.78 is 7.30. The van der Waals surface area contributed by atoms with Crippen LogP contribution in [0.3, 0.4) is 0 Å². The van der Waals surface area contributed by atoms with Gasteiger partial charge in [0.1, 0.15) is 11.8 Å². The summed E-state index contributed by atoms with van der Waals surface area (Å²) in [5, 5.41) is 16.3. The first-order valence-electron chi connectivity index (χ1n) is 6.39. The van der Waals surface area contributed by atoms with Gasteiger partial charge >= 0.3 is 0 Å². The van der Waals surface area contributed by atoms with Crippen LogP contribution in [0.4, 0.5) is 0 Å². The monoisotopic (exact) mass is 258 g/mol. The SMILES string of the molecule is Cc1cc(C)n(CCCNCc2ccc(C#N)o2)n1. The van der Waals surface area contributed by atoms with Gasteiger partial charge in [0, 0.05) is 12.2 Å². The minimum atomic E-state index is 0.361. The highest BCUT2D eigenvalue weighted by molar-refractivity contribution is 5.18. The van der Waals surface area contributed by atoms with E-state index in [1.165, 1.54) is 5.69 Å². The smallest absolute Gasteiger partial charge is 0.203 e. The standard InChI is InChI=1S/C14H18N4O/c1-11-8-12(2)18(17-11)7-3-6-16-10-14-5-4-13(9-15)19-14/h4-5,8,16H,3,6-7,10H2,1-2H3. The van der Waals surface area contributed by atoms with Crippen molar-refractivity contribution in [3.63, 3.8) is 0 Å². The molecule has 0 atom stereocenters. The van der Waals surface area contributed by atoms with Gasteiger partial charge in [-0.25, -0.2) is 0 Å². The molecule has 2 rings (SSSR count). The molecule has 19 heavy (non-hydrogen) atoms. The molecule has 2 aromatic heterocycles. The van der Waals surface area contributed by atoms with E-state index in [1.807, 2.05) is 23.7 Å². The second-order valence-electron chi connectivity index (χ2n) is 4.56. The summed E-state index contributed by atoms with van der Waals surface area (Å²) in [6, 6.07) is 7.57. The lowest BCUT2D eigenvalue weighted by atomic mass is 10.3. The van der Waals surface area contributed by atoms with Gasteiger partial charge in [-0.05, 0) is 45.0 Å². The molecule has 0 aliphatic rings. The van der Waals surface area contributed by atoms with Crippen LogP contribution < -0.4 is 5.32 Å². The maximum absolute atomic E-state index is 8.64. The van der Waals surface area contributed by atoms with E-state index in [2.05, 4.69) is 23.4 Å². The van der Waals surface area contributed by atoms with Gasteiger partial charge in [-0.1, -0.05) is 0 Å². The molecular weight excluding hydrogens is 240 g/mol. The summed E-state index contributed by atoms with van der Waals surface area (Å²) in [6.07, 6.45) is 1.01. The normalized spacial score (nSPS) is 10.6. The number of nitriles is 1. The number of aromatic nitrogens is 2. The van der Waals surface area contributed by atoms with Gasteiger partial charge in [0.25, 0.3) is 0 Å². The van der Waals surface area contributed by atoms with E-state index in [0.29, 0.717) is 12.3 Å². The van der Waals surface area contributed by atoms with Crippen molar-refractivity contribution in [2.24, 2.45) is 0 Å². The number of nitrogens with zero attached hydrogens (tertiary/aromatic N) is 3. The van der Waals surface area contributed by atoms with Gasteiger partial charge in [0.2, 0.25) is 5.76 Å². The molecule has 0 saturated carbocycles. The van der Waals surface area contributed by atoms with Crippen molar-refractivity contribution in [3.8, 4) is 6.07 Å². The lowest BCUT2D eigenvalue weighted by Gasteiger charge is -2.05. The lowest BCUT2D eigenvalue weighted by molar-refractivity contribution is 0.463. The number of rotatable bonds is 6. The molecule has 0 radical (unpaired) electrons. The third-order valence-corrected chi connectivity index (χ3v) is 2.90. The number of hydrogen-bond acceptors (Lipinski definition) is 4. The van der Waals surface area contributed by atoms with E-state index < -0.39 is 0 Å². The third kappa shape index (κ3) is 3.70. The van der Waals surface area contributed by atoms with Crippen LogP contribution in [-0.4, -0.2) is 16.3 Å². The molecule has 2 aromatic rings. The Balaban J connectivity index is 1.67. The van der Waals surface area contributed by atoms with Crippen LogP contribution in [0.5, 0.6) is 0 Å². The Morgan fingerprint density at radius 1 is 1.42 bits per heavy atom. The lowest BCUT2D eigenvalue weighted by Crippen LogP contribution is -2.16. The molecular formula is C14H18N4O. The minimum absolute atomic E-state index is 0.361. The van der Waals surface area contributed by atoms with Crippen molar-refractivity contribution in [1.29, 1.82) is 5.26 Å². The molecule has 5 nitrogen and oxygen atoms in total.